The third-order valence-electron chi connectivity index (χ3n) is 7.67. The molecule has 7 nitrogen and oxygen atoms in total. The minimum atomic E-state index is -3.90. The van der Waals surface area contributed by atoms with Gasteiger partial charge in [-0.15, -0.1) is 0 Å². The minimum absolute atomic E-state index is 0.0381. The Morgan fingerprint density at radius 1 is 0.927 bits per heavy atom. The molecule has 1 heterocycles. The van der Waals surface area contributed by atoms with Crippen molar-refractivity contribution in [3.05, 3.63) is 108 Å². The molecule has 1 aliphatic heterocycles. The SMILES string of the molecule is CCN(CC)Cc1ccc2c(c1)OCCC2NC(=O)CC(NS(=O)(=O)c1ccc2ccccc2c1)c1ccccc1. The predicted octanol–water partition coefficient (Wildman–Crippen LogP) is 5.73. The number of fused-ring (bicyclic) bond motifs is 2. The summed E-state index contributed by atoms with van der Waals surface area (Å²) in [5, 5.41) is 4.94. The fourth-order valence-corrected chi connectivity index (χ4v) is 6.59. The normalized spacial score (nSPS) is 15.7. The van der Waals surface area contributed by atoms with Crippen LogP contribution in [0.3, 0.4) is 0 Å². The van der Waals surface area contributed by atoms with Crippen LogP contribution in [0, 0.1) is 0 Å². The molecular formula is C33H37N3O4S. The third kappa shape index (κ3) is 6.96. The second-order valence-corrected chi connectivity index (χ2v) is 12.1. The van der Waals surface area contributed by atoms with Crippen LogP contribution in [-0.2, 0) is 21.4 Å². The van der Waals surface area contributed by atoms with Gasteiger partial charge in [0.05, 0.1) is 23.6 Å². The Hall–Kier alpha value is -3.72. The van der Waals surface area contributed by atoms with Crippen LogP contribution in [-0.4, -0.2) is 38.9 Å². The fourth-order valence-electron chi connectivity index (χ4n) is 5.33. The number of rotatable bonds is 11. The molecule has 0 saturated carbocycles. The van der Waals surface area contributed by atoms with E-state index in [0.29, 0.717) is 13.0 Å². The summed E-state index contributed by atoms with van der Waals surface area (Å²) >= 11 is 0. The highest BCUT2D eigenvalue weighted by Crippen LogP contribution is 2.33. The van der Waals surface area contributed by atoms with E-state index in [2.05, 4.69) is 40.9 Å². The number of amides is 1. The highest BCUT2D eigenvalue weighted by Gasteiger charge is 2.27. The Bertz CT molecular complexity index is 1600. The maximum absolute atomic E-state index is 13.5. The molecule has 0 aromatic heterocycles. The van der Waals surface area contributed by atoms with Crippen molar-refractivity contribution < 1.29 is 17.9 Å². The second kappa shape index (κ2) is 12.9. The molecule has 0 aliphatic carbocycles. The summed E-state index contributed by atoms with van der Waals surface area (Å²) < 4.78 is 35.7. The van der Waals surface area contributed by atoms with Gasteiger partial charge in [-0.3, -0.25) is 9.69 Å². The number of hydrogen-bond donors (Lipinski definition) is 2. The lowest BCUT2D eigenvalue weighted by atomic mass is 9.97. The van der Waals surface area contributed by atoms with E-state index >= 15 is 0 Å². The van der Waals surface area contributed by atoms with Crippen LogP contribution in [0.4, 0.5) is 0 Å². The Kier molecular flexibility index (Phi) is 9.03. The molecule has 8 heteroatoms. The van der Waals surface area contributed by atoms with Gasteiger partial charge in [0.25, 0.3) is 0 Å². The van der Waals surface area contributed by atoms with Crippen molar-refractivity contribution in [2.75, 3.05) is 19.7 Å². The molecule has 1 amide bonds. The van der Waals surface area contributed by atoms with Gasteiger partial charge in [0.1, 0.15) is 5.75 Å². The molecule has 2 N–H and O–H groups in total. The number of ether oxygens (including phenoxy) is 1. The van der Waals surface area contributed by atoms with Gasteiger partial charge >= 0.3 is 0 Å². The number of nitrogens with one attached hydrogen (secondary N) is 2. The predicted molar refractivity (Wildman–Crippen MR) is 162 cm³/mol. The van der Waals surface area contributed by atoms with Gasteiger partial charge in [-0.05, 0) is 53.2 Å². The summed E-state index contributed by atoms with van der Waals surface area (Å²) in [5.41, 5.74) is 2.84. The molecule has 0 spiro atoms. The van der Waals surface area contributed by atoms with Gasteiger partial charge < -0.3 is 10.1 Å². The second-order valence-electron chi connectivity index (χ2n) is 10.4. The Balaban J connectivity index is 1.33. The summed E-state index contributed by atoms with van der Waals surface area (Å²) in [6.07, 6.45) is 0.608. The fraction of sp³-hybridized carbons (Fsp3) is 0.303. The molecular weight excluding hydrogens is 534 g/mol. The average Bonchev–Trinajstić information content (AvgIpc) is 2.99. The Morgan fingerprint density at radius 2 is 1.66 bits per heavy atom. The highest BCUT2D eigenvalue weighted by molar-refractivity contribution is 7.89. The van der Waals surface area contributed by atoms with Crippen LogP contribution in [0.25, 0.3) is 10.8 Å². The van der Waals surface area contributed by atoms with Gasteiger partial charge in [0.15, 0.2) is 0 Å². The largest absolute Gasteiger partial charge is 0.493 e. The molecule has 4 aromatic rings. The summed E-state index contributed by atoms with van der Waals surface area (Å²) in [5.74, 6) is 0.563. The zero-order chi connectivity index (χ0) is 28.8. The van der Waals surface area contributed by atoms with E-state index in [1.165, 1.54) is 5.56 Å². The third-order valence-corrected chi connectivity index (χ3v) is 9.14. The molecule has 214 valence electrons. The van der Waals surface area contributed by atoms with Crippen LogP contribution >= 0.6 is 0 Å². The monoisotopic (exact) mass is 571 g/mol. The van der Waals surface area contributed by atoms with Crippen LogP contribution in [0.2, 0.25) is 0 Å². The molecule has 41 heavy (non-hydrogen) atoms. The van der Waals surface area contributed by atoms with Gasteiger partial charge in [0.2, 0.25) is 15.9 Å². The van der Waals surface area contributed by atoms with E-state index < -0.39 is 16.1 Å². The zero-order valence-corrected chi connectivity index (χ0v) is 24.4. The number of carbonyl (C=O) groups is 1. The number of carbonyl (C=O) groups excluding carboxylic acids is 1. The molecule has 2 unspecified atom stereocenters. The number of hydrogen-bond acceptors (Lipinski definition) is 5. The average molecular weight is 572 g/mol. The van der Waals surface area contributed by atoms with Crippen molar-refractivity contribution in [3.8, 4) is 5.75 Å². The quantitative estimate of drug-likeness (QED) is 0.240. The van der Waals surface area contributed by atoms with E-state index in [1.54, 1.807) is 18.2 Å². The van der Waals surface area contributed by atoms with Gasteiger partial charge in [-0.2, -0.15) is 0 Å². The summed E-state index contributed by atoms with van der Waals surface area (Å²) in [6.45, 7) is 7.59. The molecule has 0 bridgehead atoms. The zero-order valence-electron chi connectivity index (χ0n) is 23.5. The van der Waals surface area contributed by atoms with Crippen LogP contribution in [0.15, 0.2) is 95.9 Å². The first-order chi connectivity index (χ1) is 19.9. The van der Waals surface area contributed by atoms with E-state index in [9.17, 15) is 13.2 Å². The van der Waals surface area contributed by atoms with Crippen LogP contribution < -0.4 is 14.8 Å². The maximum Gasteiger partial charge on any atom is 0.241 e. The van der Waals surface area contributed by atoms with Gasteiger partial charge in [0, 0.05) is 24.9 Å². The molecule has 5 rings (SSSR count). The minimum Gasteiger partial charge on any atom is -0.493 e. The molecule has 2 atom stereocenters. The van der Waals surface area contributed by atoms with Crippen molar-refractivity contribution in [1.29, 1.82) is 0 Å². The lowest BCUT2D eigenvalue weighted by Crippen LogP contribution is -2.36. The number of benzene rings is 4. The number of nitrogens with zero attached hydrogens (tertiary/aromatic N) is 1. The Morgan fingerprint density at radius 3 is 2.41 bits per heavy atom. The van der Waals surface area contributed by atoms with Crippen LogP contribution in [0.5, 0.6) is 5.75 Å². The van der Waals surface area contributed by atoms with E-state index in [4.69, 9.17) is 4.74 Å². The number of sulfonamides is 1. The van der Waals surface area contributed by atoms with Crippen molar-refractivity contribution in [3.63, 3.8) is 0 Å². The van der Waals surface area contributed by atoms with Crippen molar-refractivity contribution >= 4 is 26.7 Å². The van der Waals surface area contributed by atoms with Gasteiger partial charge in [-0.25, -0.2) is 13.1 Å². The first-order valence-corrected chi connectivity index (χ1v) is 15.7. The molecule has 0 radical (unpaired) electrons. The molecule has 4 aromatic carbocycles. The van der Waals surface area contributed by atoms with E-state index in [0.717, 1.165) is 47.3 Å². The lowest BCUT2D eigenvalue weighted by Gasteiger charge is -2.28. The molecule has 0 saturated heterocycles. The Labute approximate surface area is 242 Å². The summed E-state index contributed by atoms with van der Waals surface area (Å²) in [7, 11) is -3.90. The first-order valence-electron chi connectivity index (χ1n) is 14.2. The van der Waals surface area contributed by atoms with E-state index in [1.807, 2.05) is 60.7 Å². The highest BCUT2D eigenvalue weighted by atomic mass is 32.2. The molecule has 0 fully saturated rings. The van der Waals surface area contributed by atoms with Crippen LogP contribution in [0.1, 0.15) is 55.5 Å². The first kappa shape index (κ1) is 28.8. The molecule has 1 aliphatic rings. The lowest BCUT2D eigenvalue weighted by molar-refractivity contribution is -0.122. The smallest absolute Gasteiger partial charge is 0.241 e. The standard InChI is InChI=1S/C33H37N3O4S/c1-3-36(4-2)23-24-14-17-29-30(18-19-40-32(29)20-24)34-33(37)22-31(26-11-6-5-7-12-26)35-41(38,39)28-16-15-25-10-8-9-13-27(25)21-28/h5-17,20-21,30-31,35H,3-4,18-19,22-23H2,1-2H3,(H,34,37). The van der Waals surface area contributed by atoms with Crippen molar-refractivity contribution in [1.82, 2.24) is 14.9 Å². The van der Waals surface area contributed by atoms with Crippen molar-refractivity contribution in [2.24, 2.45) is 0 Å². The maximum atomic E-state index is 13.5. The van der Waals surface area contributed by atoms with E-state index in [-0.39, 0.29) is 23.3 Å². The topological polar surface area (TPSA) is 87.7 Å². The summed E-state index contributed by atoms with van der Waals surface area (Å²) in [4.78, 5) is 15.9. The van der Waals surface area contributed by atoms with Gasteiger partial charge in [-0.1, -0.05) is 86.6 Å². The summed E-state index contributed by atoms with van der Waals surface area (Å²) in [6, 6.07) is 27.2. The van der Waals surface area contributed by atoms with Crippen molar-refractivity contribution in [2.45, 2.75) is 50.2 Å².